The van der Waals surface area contributed by atoms with Gasteiger partial charge in [0.1, 0.15) is 5.69 Å². The number of hydrogen-bond acceptors (Lipinski definition) is 5. The number of amides is 1. The van der Waals surface area contributed by atoms with Crippen LogP contribution in [0.3, 0.4) is 0 Å². The molecule has 2 aromatic carbocycles. The Bertz CT molecular complexity index is 1470. The number of ketones is 1. The number of nitrogens with zero attached hydrogens (tertiary/aromatic N) is 3. The van der Waals surface area contributed by atoms with Crippen LogP contribution >= 0.6 is 11.6 Å². The summed E-state index contributed by atoms with van der Waals surface area (Å²) in [6, 6.07) is 16.1. The molecule has 0 spiro atoms. The summed E-state index contributed by atoms with van der Waals surface area (Å²) >= 11 is 6.31. The summed E-state index contributed by atoms with van der Waals surface area (Å²) < 4.78 is 2.86. The molecule has 1 N–H and O–H groups in total. The molecule has 35 heavy (non-hydrogen) atoms. The number of carbonyl (C=O) groups excluding carboxylic acids is 2. The second-order valence-electron chi connectivity index (χ2n) is 8.12. The Hall–Kier alpha value is -3.75. The van der Waals surface area contributed by atoms with Gasteiger partial charge in [0.2, 0.25) is 0 Å². The SMILES string of the molecule is CCCC(=O)c1c(-c2ccccc2)c2cc(Cl)ccc2c(=O)n1Cc1cc(C(=O)NOC)n(C)n1. The molecule has 9 heteroatoms. The number of halogens is 1. The van der Waals surface area contributed by atoms with Crippen LogP contribution in [0.2, 0.25) is 5.02 Å². The van der Waals surface area contributed by atoms with E-state index in [2.05, 4.69) is 10.6 Å². The highest BCUT2D eigenvalue weighted by Crippen LogP contribution is 2.33. The minimum absolute atomic E-state index is 0.0100. The number of pyridine rings is 1. The van der Waals surface area contributed by atoms with Crippen molar-refractivity contribution in [1.29, 1.82) is 0 Å². The number of hydrogen-bond donors (Lipinski definition) is 1. The second-order valence-corrected chi connectivity index (χ2v) is 8.56. The molecule has 180 valence electrons. The zero-order valence-corrected chi connectivity index (χ0v) is 20.4. The Morgan fingerprint density at radius 1 is 1.09 bits per heavy atom. The number of carbonyl (C=O) groups is 2. The number of fused-ring (bicyclic) bond motifs is 1. The van der Waals surface area contributed by atoms with Crippen LogP contribution in [0, 0.1) is 0 Å². The van der Waals surface area contributed by atoms with Crippen LogP contribution < -0.4 is 11.0 Å². The van der Waals surface area contributed by atoms with E-state index < -0.39 is 5.91 Å². The summed E-state index contributed by atoms with van der Waals surface area (Å²) in [5.41, 5.74) is 4.39. The third kappa shape index (κ3) is 4.76. The minimum Gasteiger partial charge on any atom is -0.298 e. The van der Waals surface area contributed by atoms with Crippen molar-refractivity contribution in [3.8, 4) is 11.1 Å². The molecule has 0 bridgehead atoms. The van der Waals surface area contributed by atoms with Gasteiger partial charge in [-0.1, -0.05) is 48.9 Å². The summed E-state index contributed by atoms with van der Waals surface area (Å²) in [7, 11) is 2.96. The summed E-state index contributed by atoms with van der Waals surface area (Å²) in [5.74, 6) is -0.625. The quantitative estimate of drug-likeness (QED) is 0.291. The van der Waals surface area contributed by atoms with E-state index in [0.717, 1.165) is 5.56 Å². The molecule has 0 unspecified atom stereocenters. The van der Waals surface area contributed by atoms with Crippen LogP contribution in [0.4, 0.5) is 0 Å². The molecule has 2 heterocycles. The first-order valence-electron chi connectivity index (χ1n) is 11.2. The molecule has 0 saturated heterocycles. The highest BCUT2D eigenvalue weighted by Gasteiger charge is 2.24. The van der Waals surface area contributed by atoms with Gasteiger partial charge in [-0.15, -0.1) is 0 Å². The molecule has 0 radical (unpaired) electrons. The van der Waals surface area contributed by atoms with Gasteiger partial charge < -0.3 is 0 Å². The van der Waals surface area contributed by atoms with Gasteiger partial charge in [-0.2, -0.15) is 5.10 Å². The lowest BCUT2D eigenvalue weighted by molar-refractivity contribution is 0.0528. The van der Waals surface area contributed by atoms with E-state index >= 15 is 0 Å². The monoisotopic (exact) mass is 492 g/mol. The van der Waals surface area contributed by atoms with Crippen LogP contribution in [0.5, 0.6) is 0 Å². The molecule has 0 atom stereocenters. The molecule has 0 saturated carbocycles. The number of benzene rings is 2. The first-order chi connectivity index (χ1) is 16.8. The topological polar surface area (TPSA) is 95.2 Å². The first-order valence-corrected chi connectivity index (χ1v) is 11.5. The summed E-state index contributed by atoms with van der Waals surface area (Å²) in [6.07, 6.45) is 0.898. The standard InChI is InChI=1S/C26H25ClN4O4/c1-4-8-22(32)24-23(16-9-6-5-7-10-16)20-13-17(27)11-12-19(20)26(34)31(24)15-18-14-21(30(2)28-18)25(33)29-35-3/h5-7,9-14H,4,8,15H2,1-3H3,(H,29,33). The molecule has 0 aliphatic carbocycles. The van der Waals surface area contributed by atoms with Crippen LogP contribution in [0.1, 0.15) is 46.4 Å². The van der Waals surface area contributed by atoms with Crippen LogP contribution in [0.15, 0.2) is 59.4 Å². The van der Waals surface area contributed by atoms with Gasteiger partial charge in [0.05, 0.1) is 25.0 Å². The van der Waals surface area contributed by atoms with Crippen molar-refractivity contribution in [2.75, 3.05) is 7.11 Å². The number of rotatable bonds is 8. The van der Waals surface area contributed by atoms with Gasteiger partial charge in [0, 0.05) is 29.4 Å². The van der Waals surface area contributed by atoms with Crippen molar-refractivity contribution in [1.82, 2.24) is 19.8 Å². The normalized spacial score (nSPS) is 11.1. The first kappa shape index (κ1) is 24.4. The van der Waals surface area contributed by atoms with Crippen molar-refractivity contribution in [3.63, 3.8) is 0 Å². The largest absolute Gasteiger partial charge is 0.298 e. The zero-order valence-electron chi connectivity index (χ0n) is 19.7. The molecule has 4 aromatic rings. The zero-order chi connectivity index (χ0) is 25.1. The van der Waals surface area contributed by atoms with E-state index in [9.17, 15) is 14.4 Å². The Balaban J connectivity index is 2.01. The van der Waals surface area contributed by atoms with Gasteiger partial charge in [-0.3, -0.25) is 28.5 Å². The van der Waals surface area contributed by atoms with Crippen molar-refractivity contribution >= 4 is 34.1 Å². The molecule has 0 aliphatic rings. The molecule has 8 nitrogen and oxygen atoms in total. The fourth-order valence-corrected chi connectivity index (χ4v) is 4.40. The number of aryl methyl sites for hydroxylation is 1. The lowest BCUT2D eigenvalue weighted by Crippen LogP contribution is -2.28. The summed E-state index contributed by atoms with van der Waals surface area (Å²) in [5, 5.41) is 5.93. The van der Waals surface area contributed by atoms with Crippen molar-refractivity contribution in [3.05, 3.63) is 87.1 Å². The average molecular weight is 493 g/mol. The Kier molecular flexibility index (Phi) is 7.14. The number of Topliss-reactive ketones (excluding diaryl/α,β-unsaturated/α-hetero) is 1. The van der Waals surface area contributed by atoms with Crippen molar-refractivity contribution in [2.24, 2.45) is 7.05 Å². The van der Waals surface area contributed by atoms with Crippen LogP contribution in [-0.2, 0) is 18.4 Å². The predicted octanol–water partition coefficient (Wildman–Crippen LogP) is 4.38. The number of aromatic nitrogens is 3. The van der Waals surface area contributed by atoms with E-state index in [0.29, 0.717) is 39.2 Å². The smallest absolute Gasteiger partial charge is 0.293 e. The third-order valence-electron chi connectivity index (χ3n) is 5.71. The lowest BCUT2D eigenvalue weighted by Gasteiger charge is -2.19. The van der Waals surface area contributed by atoms with E-state index in [1.165, 1.54) is 16.4 Å². The molecule has 0 aliphatic heterocycles. The molecule has 4 rings (SSSR count). The number of hydroxylamine groups is 1. The lowest BCUT2D eigenvalue weighted by atomic mass is 9.94. The third-order valence-corrected chi connectivity index (χ3v) is 5.95. The van der Waals surface area contributed by atoms with Gasteiger partial charge in [-0.25, -0.2) is 5.48 Å². The van der Waals surface area contributed by atoms with Crippen molar-refractivity contribution in [2.45, 2.75) is 26.3 Å². The molecule has 1 amide bonds. The van der Waals surface area contributed by atoms with E-state index in [1.54, 1.807) is 31.3 Å². The molecular weight excluding hydrogens is 468 g/mol. The molecular formula is C26H25ClN4O4. The Labute approximate surface area is 207 Å². The second kappa shape index (κ2) is 10.2. The highest BCUT2D eigenvalue weighted by atomic mass is 35.5. The van der Waals surface area contributed by atoms with Crippen LogP contribution in [-0.4, -0.2) is 33.1 Å². The van der Waals surface area contributed by atoms with Gasteiger partial charge in [-0.05, 0) is 41.6 Å². The number of nitrogens with one attached hydrogen (secondary N) is 1. The maximum absolute atomic E-state index is 13.7. The Morgan fingerprint density at radius 2 is 1.83 bits per heavy atom. The molecule has 0 fully saturated rings. The van der Waals surface area contributed by atoms with Gasteiger partial charge >= 0.3 is 0 Å². The Morgan fingerprint density at radius 3 is 2.51 bits per heavy atom. The average Bonchev–Trinajstić information content (AvgIpc) is 3.21. The van der Waals surface area contributed by atoms with Crippen LogP contribution in [0.25, 0.3) is 21.9 Å². The van der Waals surface area contributed by atoms with E-state index in [-0.39, 0.29) is 30.0 Å². The summed E-state index contributed by atoms with van der Waals surface area (Å²) in [4.78, 5) is 44.2. The maximum atomic E-state index is 13.7. The fourth-order valence-electron chi connectivity index (χ4n) is 4.23. The maximum Gasteiger partial charge on any atom is 0.293 e. The fraction of sp³-hybridized carbons (Fsp3) is 0.231. The molecule has 2 aromatic heterocycles. The summed E-state index contributed by atoms with van der Waals surface area (Å²) in [6.45, 7) is 1.93. The van der Waals surface area contributed by atoms with Gasteiger partial charge in [0.15, 0.2) is 5.78 Å². The van der Waals surface area contributed by atoms with E-state index in [1.807, 2.05) is 37.3 Å². The minimum atomic E-state index is -0.471. The van der Waals surface area contributed by atoms with Gasteiger partial charge in [0.25, 0.3) is 11.5 Å². The highest BCUT2D eigenvalue weighted by molar-refractivity contribution is 6.31. The van der Waals surface area contributed by atoms with Crippen molar-refractivity contribution < 1.29 is 14.4 Å². The predicted molar refractivity (Wildman–Crippen MR) is 135 cm³/mol. The van der Waals surface area contributed by atoms with E-state index in [4.69, 9.17) is 16.4 Å².